The number of hydrogen-bond donors (Lipinski definition) is 1. The van der Waals surface area contributed by atoms with Gasteiger partial charge in [0.1, 0.15) is 0 Å². The van der Waals surface area contributed by atoms with Crippen molar-refractivity contribution >= 4 is 0 Å². The van der Waals surface area contributed by atoms with Gasteiger partial charge in [-0.3, -0.25) is 14.4 Å². The first-order valence-corrected chi connectivity index (χ1v) is 23.8. The number of imidazole rings is 1. The SMILES string of the molecule is CCCCCCCCC=CCCCCCCCCc1c(O)n(CN(C2CCCCC2)C2CCCCC2)c(=O)n1CN(C1CCCCC1)C1CCCCC1. The fourth-order valence-corrected chi connectivity index (χ4v) is 10.7. The number of hydrogen-bond acceptors (Lipinski definition) is 4. The van der Waals surface area contributed by atoms with E-state index in [9.17, 15) is 9.90 Å². The molecule has 0 spiro atoms. The van der Waals surface area contributed by atoms with Crippen molar-refractivity contribution in [1.29, 1.82) is 0 Å². The summed E-state index contributed by atoms with van der Waals surface area (Å²) in [5, 5.41) is 12.1. The lowest BCUT2D eigenvalue weighted by Crippen LogP contribution is -2.49. The highest BCUT2D eigenvalue weighted by atomic mass is 16.3. The molecule has 304 valence electrons. The average Bonchev–Trinajstić information content (AvgIpc) is 3.43. The van der Waals surface area contributed by atoms with Crippen molar-refractivity contribution in [2.75, 3.05) is 0 Å². The predicted octanol–water partition coefficient (Wildman–Crippen LogP) is 12.8. The number of aromatic nitrogens is 2. The normalized spacial score (nSPS) is 20.4. The Hall–Kier alpha value is -1.53. The summed E-state index contributed by atoms with van der Waals surface area (Å²) in [4.78, 5) is 20.1. The molecule has 0 unspecified atom stereocenters. The van der Waals surface area contributed by atoms with Crippen LogP contribution in [-0.4, -0.2) is 48.2 Å². The Labute approximate surface area is 326 Å². The third-order valence-corrected chi connectivity index (χ3v) is 14.0. The molecule has 1 heterocycles. The first-order valence-electron chi connectivity index (χ1n) is 23.8. The van der Waals surface area contributed by atoms with Crippen LogP contribution in [0, 0.1) is 0 Å². The Morgan fingerprint density at radius 1 is 0.509 bits per heavy atom. The van der Waals surface area contributed by atoms with E-state index in [4.69, 9.17) is 0 Å². The van der Waals surface area contributed by atoms with Crippen LogP contribution in [-0.2, 0) is 19.8 Å². The van der Waals surface area contributed by atoms with E-state index in [0.717, 1.165) is 18.5 Å². The third kappa shape index (κ3) is 13.9. The van der Waals surface area contributed by atoms with Gasteiger partial charge in [0.05, 0.1) is 19.0 Å². The molecule has 0 radical (unpaired) electrons. The molecule has 6 heteroatoms. The molecule has 4 saturated carbocycles. The topological polar surface area (TPSA) is 53.6 Å². The minimum absolute atomic E-state index is 0.0512. The molecule has 0 bridgehead atoms. The molecule has 0 aliphatic heterocycles. The van der Waals surface area contributed by atoms with Gasteiger partial charge >= 0.3 is 5.69 Å². The molecule has 53 heavy (non-hydrogen) atoms. The van der Waals surface area contributed by atoms with Crippen LogP contribution < -0.4 is 5.69 Å². The van der Waals surface area contributed by atoms with Gasteiger partial charge in [-0.25, -0.2) is 9.36 Å². The molecule has 6 nitrogen and oxygen atoms in total. The number of aromatic hydroxyl groups is 1. The number of unbranched alkanes of at least 4 members (excludes halogenated alkanes) is 12. The van der Waals surface area contributed by atoms with Crippen LogP contribution in [0.2, 0.25) is 0 Å². The van der Waals surface area contributed by atoms with Crippen LogP contribution in [0.25, 0.3) is 0 Å². The molecule has 0 saturated heterocycles. The Balaban J connectivity index is 1.21. The van der Waals surface area contributed by atoms with E-state index < -0.39 is 0 Å². The zero-order valence-corrected chi connectivity index (χ0v) is 34.8. The van der Waals surface area contributed by atoms with Gasteiger partial charge in [-0.05, 0) is 89.9 Å². The maximum Gasteiger partial charge on any atom is 0.333 e. The maximum absolute atomic E-state index is 14.7. The highest BCUT2D eigenvalue weighted by Crippen LogP contribution is 2.34. The summed E-state index contributed by atoms with van der Waals surface area (Å²) in [5.74, 6) is 0.284. The van der Waals surface area contributed by atoms with E-state index >= 15 is 0 Å². The molecule has 4 aliphatic rings. The predicted molar refractivity (Wildman–Crippen MR) is 225 cm³/mol. The van der Waals surface area contributed by atoms with Crippen molar-refractivity contribution < 1.29 is 5.11 Å². The Morgan fingerprint density at radius 3 is 1.28 bits per heavy atom. The smallest absolute Gasteiger partial charge is 0.333 e. The highest BCUT2D eigenvalue weighted by molar-refractivity contribution is 5.21. The van der Waals surface area contributed by atoms with E-state index in [1.54, 1.807) is 0 Å². The van der Waals surface area contributed by atoms with Crippen LogP contribution in [0.3, 0.4) is 0 Å². The van der Waals surface area contributed by atoms with Crippen LogP contribution in [0.15, 0.2) is 16.9 Å². The summed E-state index contributed by atoms with van der Waals surface area (Å²) in [6, 6.07) is 2.23. The Kier molecular flexibility index (Phi) is 20.0. The van der Waals surface area contributed by atoms with Crippen molar-refractivity contribution in [2.24, 2.45) is 0 Å². The first-order chi connectivity index (χ1) is 26.2. The fraction of sp³-hybridized carbons (Fsp3) is 0.894. The number of rotatable bonds is 24. The minimum Gasteiger partial charge on any atom is -0.493 e. The van der Waals surface area contributed by atoms with Crippen LogP contribution >= 0.6 is 0 Å². The molecule has 4 fully saturated rings. The zero-order valence-electron chi connectivity index (χ0n) is 34.8. The highest BCUT2D eigenvalue weighted by Gasteiger charge is 2.34. The monoisotopic (exact) mass is 737 g/mol. The fourth-order valence-electron chi connectivity index (χ4n) is 10.7. The lowest BCUT2D eigenvalue weighted by molar-refractivity contribution is 0.0417. The second-order valence-corrected chi connectivity index (χ2v) is 18.1. The van der Waals surface area contributed by atoms with Crippen molar-refractivity contribution in [3.8, 4) is 5.88 Å². The second kappa shape index (κ2) is 24.9. The third-order valence-electron chi connectivity index (χ3n) is 14.0. The number of nitrogens with zero attached hydrogens (tertiary/aromatic N) is 4. The van der Waals surface area contributed by atoms with Crippen molar-refractivity contribution in [2.45, 2.75) is 269 Å². The summed E-state index contributed by atoms with van der Waals surface area (Å²) in [6.07, 6.45) is 49.7. The molecule has 4 aliphatic carbocycles. The van der Waals surface area contributed by atoms with Crippen LogP contribution in [0.1, 0.15) is 231 Å². The minimum atomic E-state index is 0.0512. The Morgan fingerprint density at radius 2 is 0.868 bits per heavy atom. The van der Waals surface area contributed by atoms with E-state index in [0.29, 0.717) is 37.5 Å². The molecular formula is C47H84N4O2. The van der Waals surface area contributed by atoms with Gasteiger partial charge in [-0.1, -0.05) is 154 Å². The van der Waals surface area contributed by atoms with Crippen molar-refractivity contribution in [1.82, 2.24) is 18.9 Å². The summed E-state index contributed by atoms with van der Waals surface area (Å²) in [7, 11) is 0. The number of allylic oxidation sites excluding steroid dienone is 2. The van der Waals surface area contributed by atoms with Crippen LogP contribution in [0.4, 0.5) is 0 Å². The standard InChI is InChI=1S/C47H84N4O2/c1-2-3-4-5-6-7-8-9-10-11-12-13-14-15-16-29-38-45-46(52)51(40-49(43-34-25-19-26-35-43)44-36-27-20-28-37-44)47(53)50(45)39-48(41-30-21-17-22-31-41)42-32-23-18-24-33-42/h9-10,41-44,52H,2-8,11-40H2,1H3. The van der Waals surface area contributed by atoms with Gasteiger partial charge in [-0.15, -0.1) is 0 Å². The molecule has 1 aromatic rings. The summed E-state index contributed by atoms with van der Waals surface area (Å²) >= 11 is 0. The molecule has 0 atom stereocenters. The van der Waals surface area contributed by atoms with E-state index in [-0.39, 0.29) is 11.6 Å². The largest absolute Gasteiger partial charge is 0.493 e. The molecule has 0 aromatic carbocycles. The maximum atomic E-state index is 14.7. The van der Waals surface area contributed by atoms with Gasteiger partial charge < -0.3 is 5.11 Å². The zero-order chi connectivity index (χ0) is 36.9. The van der Waals surface area contributed by atoms with E-state index in [1.807, 2.05) is 4.57 Å². The van der Waals surface area contributed by atoms with Crippen molar-refractivity contribution in [3.63, 3.8) is 0 Å². The molecule has 1 N–H and O–H groups in total. The average molecular weight is 737 g/mol. The summed E-state index contributed by atoms with van der Waals surface area (Å²) in [5.41, 5.74) is 0.977. The molecular weight excluding hydrogens is 653 g/mol. The van der Waals surface area contributed by atoms with Crippen molar-refractivity contribution in [3.05, 3.63) is 28.3 Å². The summed E-state index contributed by atoms with van der Waals surface area (Å²) < 4.78 is 3.91. The Bertz CT molecular complexity index is 1140. The van der Waals surface area contributed by atoms with Gasteiger partial charge in [0.25, 0.3) is 0 Å². The van der Waals surface area contributed by atoms with Gasteiger partial charge in [0.15, 0.2) is 0 Å². The van der Waals surface area contributed by atoms with Gasteiger partial charge in [0.2, 0.25) is 5.88 Å². The van der Waals surface area contributed by atoms with E-state index in [2.05, 4.69) is 33.4 Å². The van der Waals surface area contributed by atoms with Gasteiger partial charge in [-0.2, -0.15) is 0 Å². The lowest BCUT2D eigenvalue weighted by atomic mass is 9.89. The second-order valence-electron chi connectivity index (χ2n) is 18.1. The van der Waals surface area contributed by atoms with Crippen LogP contribution in [0.5, 0.6) is 5.88 Å². The quantitative estimate of drug-likeness (QED) is 0.0848. The molecule has 5 rings (SSSR count). The molecule has 0 amide bonds. The summed E-state index contributed by atoms with van der Waals surface area (Å²) in [6.45, 7) is 3.53. The lowest BCUT2D eigenvalue weighted by Gasteiger charge is -2.42. The molecule has 1 aromatic heterocycles. The first kappa shape index (κ1) is 42.6. The van der Waals surface area contributed by atoms with E-state index in [1.165, 1.54) is 212 Å². The van der Waals surface area contributed by atoms with Gasteiger partial charge in [0, 0.05) is 24.2 Å².